The van der Waals surface area contributed by atoms with Gasteiger partial charge in [-0.1, -0.05) is 12.8 Å². The van der Waals surface area contributed by atoms with Crippen LogP contribution in [0.15, 0.2) is 4.99 Å². The van der Waals surface area contributed by atoms with Crippen LogP contribution in [0.25, 0.3) is 0 Å². The molecule has 0 bridgehead atoms. The molecule has 0 unspecified atom stereocenters. The predicted octanol–water partition coefficient (Wildman–Crippen LogP) is 1.63. The second-order valence-corrected chi connectivity index (χ2v) is 2.86. The van der Waals surface area contributed by atoms with Crippen LogP contribution in [-0.4, -0.2) is 12.3 Å². The molecule has 0 spiro atoms. The van der Waals surface area contributed by atoms with Gasteiger partial charge >= 0.3 is 0 Å². The second-order valence-electron chi connectivity index (χ2n) is 2.86. The Kier molecular flexibility index (Phi) is 0.893. The third kappa shape index (κ3) is 1.09. The molecule has 1 aliphatic carbocycles. The van der Waals surface area contributed by atoms with Crippen LogP contribution in [0.3, 0.4) is 0 Å². The highest BCUT2D eigenvalue weighted by Gasteiger charge is 2.22. The van der Waals surface area contributed by atoms with E-state index in [9.17, 15) is 0 Å². The summed E-state index contributed by atoms with van der Waals surface area (Å²) in [6.45, 7) is 1.09. The predicted molar refractivity (Wildman–Crippen MR) is 34.3 cm³/mol. The zero-order valence-electron chi connectivity index (χ0n) is 5.06. The summed E-state index contributed by atoms with van der Waals surface area (Å²) in [5.41, 5.74) is 1.47. The molecule has 1 heterocycles. The van der Waals surface area contributed by atoms with Crippen molar-refractivity contribution in [3.63, 3.8) is 0 Å². The van der Waals surface area contributed by atoms with Gasteiger partial charge in [-0.15, -0.1) is 0 Å². The van der Waals surface area contributed by atoms with Gasteiger partial charge in [0.1, 0.15) is 0 Å². The normalized spacial score (nSPS) is 25.2. The van der Waals surface area contributed by atoms with Crippen LogP contribution in [0.2, 0.25) is 0 Å². The minimum atomic E-state index is 1.09. The first-order chi connectivity index (χ1) is 3.95. The zero-order chi connectivity index (χ0) is 5.40. The molecule has 44 valence electrons. The molecule has 1 saturated carbocycles. The van der Waals surface area contributed by atoms with Crippen molar-refractivity contribution in [3.05, 3.63) is 0 Å². The fourth-order valence-electron chi connectivity index (χ4n) is 0.991. The van der Waals surface area contributed by atoms with Crippen molar-refractivity contribution in [2.24, 2.45) is 10.9 Å². The van der Waals surface area contributed by atoms with Crippen LogP contribution < -0.4 is 0 Å². The van der Waals surface area contributed by atoms with E-state index in [0.717, 1.165) is 12.5 Å². The summed E-state index contributed by atoms with van der Waals surface area (Å²) in [7, 11) is 0. The monoisotopic (exact) mass is 109 g/mol. The van der Waals surface area contributed by atoms with Crippen LogP contribution in [-0.2, 0) is 0 Å². The van der Waals surface area contributed by atoms with Gasteiger partial charge in [-0.2, -0.15) is 0 Å². The van der Waals surface area contributed by atoms with Gasteiger partial charge in [-0.25, -0.2) is 0 Å². The summed E-state index contributed by atoms with van der Waals surface area (Å²) < 4.78 is 0. The fraction of sp³-hybridized carbons (Fsp3) is 0.857. The molecule has 1 heteroatoms. The molecule has 0 aromatic carbocycles. The van der Waals surface area contributed by atoms with Crippen molar-refractivity contribution in [2.75, 3.05) is 6.54 Å². The van der Waals surface area contributed by atoms with Gasteiger partial charge in [0.25, 0.3) is 0 Å². The molecular weight excluding hydrogens is 98.1 g/mol. The lowest BCUT2D eigenvalue weighted by atomic mass is 10.2. The third-order valence-electron chi connectivity index (χ3n) is 1.92. The molecule has 1 aliphatic heterocycles. The summed E-state index contributed by atoms with van der Waals surface area (Å²) in [6, 6.07) is 0. The summed E-state index contributed by atoms with van der Waals surface area (Å²) in [5.74, 6) is 1.10. The van der Waals surface area contributed by atoms with Crippen molar-refractivity contribution in [3.8, 4) is 0 Å². The van der Waals surface area contributed by atoms with E-state index in [4.69, 9.17) is 0 Å². The van der Waals surface area contributed by atoms with Crippen molar-refractivity contribution in [1.29, 1.82) is 0 Å². The Hall–Kier alpha value is -0.330. The summed E-state index contributed by atoms with van der Waals surface area (Å²) in [6.07, 6.45) is 5.73. The summed E-state index contributed by atoms with van der Waals surface area (Å²) in [4.78, 5) is 4.12. The number of aliphatic imine (C=N–C) groups is 1. The van der Waals surface area contributed by atoms with Crippen LogP contribution in [0.5, 0.6) is 0 Å². The van der Waals surface area contributed by atoms with Crippen LogP contribution in [0, 0.1) is 5.92 Å². The summed E-state index contributed by atoms with van der Waals surface area (Å²) >= 11 is 0. The van der Waals surface area contributed by atoms with Crippen molar-refractivity contribution in [2.45, 2.75) is 25.7 Å². The van der Waals surface area contributed by atoms with Crippen molar-refractivity contribution >= 4 is 5.71 Å². The molecule has 8 heavy (non-hydrogen) atoms. The lowest BCUT2D eigenvalue weighted by molar-refractivity contribution is 0.762. The Labute approximate surface area is 49.8 Å². The van der Waals surface area contributed by atoms with E-state index in [2.05, 4.69) is 4.99 Å². The van der Waals surface area contributed by atoms with Crippen LogP contribution in [0.4, 0.5) is 0 Å². The molecule has 0 aromatic rings. The average Bonchev–Trinajstić information content (AvgIpc) is 2.60. The molecule has 0 amide bonds. The maximum absolute atomic E-state index is 4.12. The highest BCUT2D eigenvalue weighted by Crippen LogP contribution is 2.34. The average molecular weight is 109 g/mol. The smallest absolute Gasteiger partial charge is 0.0768 e. The van der Waals surface area contributed by atoms with E-state index in [1.807, 2.05) is 0 Å². The second kappa shape index (κ2) is 1.57. The molecule has 0 radical (unpaired) electrons. The molecule has 2 aliphatic rings. The fourth-order valence-corrected chi connectivity index (χ4v) is 0.991. The maximum Gasteiger partial charge on any atom is 0.0768 e. The Balaban J connectivity index is 1.62. The lowest BCUT2D eigenvalue weighted by Crippen LogP contribution is -1.83. The Bertz CT molecular complexity index is 122. The van der Waals surface area contributed by atoms with E-state index in [0.29, 0.717) is 0 Å². The molecule has 0 saturated heterocycles. The number of hydrogen-bond acceptors (Lipinski definition) is 1. The van der Waals surface area contributed by atoms with Gasteiger partial charge in [-0.3, -0.25) is 4.99 Å². The van der Waals surface area contributed by atoms with Gasteiger partial charge in [0.2, 0.25) is 0 Å². The standard InChI is InChI=1S/C7H11N/c1-2-6(1)3-4-7-5-8-7/h6H,1-5H2. The molecule has 0 N–H and O–H groups in total. The number of rotatable bonds is 3. The SMILES string of the molecule is C(CC1CC1)C1=NC1. The Morgan fingerprint density at radius 3 is 2.75 bits per heavy atom. The van der Waals surface area contributed by atoms with E-state index in [1.165, 1.54) is 31.4 Å². The molecule has 0 atom stereocenters. The van der Waals surface area contributed by atoms with Crippen molar-refractivity contribution < 1.29 is 0 Å². The zero-order valence-corrected chi connectivity index (χ0v) is 5.06. The van der Waals surface area contributed by atoms with Gasteiger partial charge in [0.05, 0.1) is 6.54 Å². The van der Waals surface area contributed by atoms with Gasteiger partial charge in [-0.05, 0) is 18.8 Å². The highest BCUT2D eigenvalue weighted by atomic mass is 14.9. The maximum atomic E-state index is 4.12. The molecular formula is C7H11N. The third-order valence-corrected chi connectivity index (χ3v) is 1.92. The first kappa shape index (κ1) is 4.54. The van der Waals surface area contributed by atoms with E-state index in [1.54, 1.807) is 0 Å². The molecule has 2 rings (SSSR count). The van der Waals surface area contributed by atoms with Crippen LogP contribution >= 0.6 is 0 Å². The van der Waals surface area contributed by atoms with Gasteiger partial charge < -0.3 is 0 Å². The molecule has 1 nitrogen and oxygen atoms in total. The first-order valence-corrected chi connectivity index (χ1v) is 3.47. The quantitative estimate of drug-likeness (QED) is 0.522. The lowest BCUT2D eigenvalue weighted by Gasteiger charge is -1.86. The Morgan fingerprint density at radius 2 is 2.25 bits per heavy atom. The van der Waals surface area contributed by atoms with Gasteiger partial charge in [0.15, 0.2) is 0 Å². The molecule has 0 aromatic heterocycles. The highest BCUT2D eigenvalue weighted by molar-refractivity contribution is 5.96. The minimum absolute atomic E-state index is 1.09. The minimum Gasteiger partial charge on any atom is -0.286 e. The summed E-state index contributed by atoms with van der Waals surface area (Å²) in [5, 5.41) is 0. The molecule has 1 fully saturated rings. The van der Waals surface area contributed by atoms with Gasteiger partial charge in [0, 0.05) is 5.71 Å². The topological polar surface area (TPSA) is 12.4 Å². The van der Waals surface area contributed by atoms with E-state index < -0.39 is 0 Å². The number of nitrogens with zero attached hydrogens (tertiary/aromatic N) is 1. The van der Waals surface area contributed by atoms with Crippen LogP contribution in [0.1, 0.15) is 25.7 Å². The first-order valence-electron chi connectivity index (χ1n) is 3.47. The van der Waals surface area contributed by atoms with E-state index in [-0.39, 0.29) is 0 Å². The largest absolute Gasteiger partial charge is 0.286 e. The van der Waals surface area contributed by atoms with E-state index >= 15 is 0 Å². The number of hydrogen-bond donors (Lipinski definition) is 0. The Morgan fingerprint density at radius 1 is 1.50 bits per heavy atom. The van der Waals surface area contributed by atoms with Crippen molar-refractivity contribution in [1.82, 2.24) is 0 Å².